The molecule has 6 nitrogen and oxygen atoms in total. The van der Waals surface area contributed by atoms with Crippen molar-refractivity contribution in [2.75, 3.05) is 13.1 Å². The summed E-state index contributed by atoms with van der Waals surface area (Å²) in [5.41, 5.74) is -0.0579. The van der Waals surface area contributed by atoms with Crippen LogP contribution in [-0.2, 0) is 11.0 Å². The lowest BCUT2D eigenvalue weighted by Gasteiger charge is -2.13. The monoisotopic (exact) mass is 461 g/mol. The molecule has 1 aromatic heterocycles. The quantitative estimate of drug-likeness (QED) is 0.399. The second-order valence-corrected chi connectivity index (χ2v) is 6.95. The van der Waals surface area contributed by atoms with Gasteiger partial charge in [-0.05, 0) is 48.0 Å². The van der Waals surface area contributed by atoms with Gasteiger partial charge in [0.1, 0.15) is 11.6 Å². The summed E-state index contributed by atoms with van der Waals surface area (Å²) in [5.74, 6) is -1.18. The van der Waals surface area contributed by atoms with Crippen LogP contribution in [0.15, 0.2) is 60.8 Å². The zero-order valence-electron chi connectivity index (χ0n) is 17.4. The van der Waals surface area contributed by atoms with E-state index in [9.17, 15) is 27.2 Å². The third-order valence-corrected chi connectivity index (χ3v) is 4.43. The Labute approximate surface area is 186 Å². The van der Waals surface area contributed by atoms with E-state index in [1.807, 2.05) is 0 Å². The van der Waals surface area contributed by atoms with Gasteiger partial charge in [-0.1, -0.05) is 12.1 Å². The summed E-state index contributed by atoms with van der Waals surface area (Å²) < 4.78 is 57.8. The summed E-state index contributed by atoms with van der Waals surface area (Å²) in [5, 5.41) is 5.16. The Hall–Kier alpha value is -3.95. The fourth-order valence-corrected chi connectivity index (χ4v) is 2.86. The molecule has 0 spiro atoms. The molecule has 3 rings (SSSR count). The molecular weight excluding hydrogens is 442 g/mol. The van der Waals surface area contributed by atoms with Crippen LogP contribution in [0.3, 0.4) is 0 Å². The standard InChI is InChI=1S/C23H19F4N3O3/c1-14(31)28-9-10-29-21(32)16-12-20(15-3-2-4-18(24)11-15)22(30-13-16)33-19-7-5-17(6-8-19)23(25,26)27/h2-8,11-13H,9-10H2,1H3,(H,28,31)(H,29,32). The number of pyridine rings is 1. The highest BCUT2D eigenvalue weighted by molar-refractivity contribution is 5.95. The highest BCUT2D eigenvalue weighted by atomic mass is 19.4. The number of carbonyl (C=O) groups excluding carboxylic acids is 2. The van der Waals surface area contributed by atoms with E-state index in [-0.39, 0.29) is 41.8 Å². The molecule has 10 heteroatoms. The van der Waals surface area contributed by atoms with Crippen LogP contribution in [-0.4, -0.2) is 29.9 Å². The van der Waals surface area contributed by atoms with Gasteiger partial charge in [-0.3, -0.25) is 9.59 Å². The van der Waals surface area contributed by atoms with Gasteiger partial charge in [-0.2, -0.15) is 13.2 Å². The van der Waals surface area contributed by atoms with E-state index in [1.165, 1.54) is 37.4 Å². The molecule has 0 radical (unpaired) electrons. The highest BCUT2D eigenvalue weighted by Gasteiger charge is 2.30. The number of nitrogens with zero attached hydrogens (tertiary/aromatic N) is 1. The summed E-state index contributed by atoms with van der Waals surface area (Å²) in [6, 6.07) is 11.0. The average molecular weight is 461 g/mol. The zero-order valence-corrected chi connectivity index (χ0v) is 17.4. The summed E-state index contributed by atoms with van der Waals surface area (Å²) in [6.45, 7) is 1.77. The Morgan fingerprint density at radius 2 is 1.70 bits per heavy atom. The number of benzene rings is 2. The normalized spacial score (nSPS) is 11.1. The minimum absolute atomic E-state index is 0.0184. The molecule has 2 N–H and O–H groups in total. The maximum Gasteiger partial charge on any atom is 0.416 e. The molecule has 0 fully saturated rings. The fourth-order valence-electron chi connectivity index (χ4n) is 2.86. The van der Waals surface area contributed by atoms with Gasteiger partial charge < -0.3 is 15.4 Å². The molecule has 0 aliphatic heterocycles. The maximum absolute atomic E-state index is 13.8. The molecule has 0 atom stereocenters. The van der Waals surface area contributed by atoms with Crippen LogP contribution in [0.1, 0.15) is 22.8 Å². The second kappa shape index (κ2) is 10.1. The van der Waals surface area contributed by atoms with Gasteiger partial charge in [0.25, 0.3) is 5.91 Å². The number of hydrogen-bond acceptors (Lipinski definition) is 4. The van der Waals surface area contributed by atoms with Crippen molar-refractivity contribution in [2.45, 2.75) is 13.1 Å². The second-order valence-electron chi connectivity index (χ2n) is 6.95. The Morgan fingerprint density at radius 3 is 2.33 bits per heavy atom. The van der Waals surface area contributed by atoms with Crippen molar-refractivity contribution in [3.63, 3.8) is 0 Å². The summed E-state index contributed by atoms with van der Waals surface area (Å²) in [4.78, 5) is 27.5. The van der Waals surface area contributed by atoms with E-state index in [2.05, 4.69) is 15.6 Å². The van der Waals surface area contributed by atoms with E-state index in [0.29, 0.717) is 5.56 Å². The number of amides is 2. The van der Waals surface area contributed by atoms with Gasteiger partial charge in [0, 0.05) is 31.8 Å². The smallest absolute Gasteiger partial charge is 0.416 e. The molecule has 1 heterocycles. The summed E-state index contributed by atoms with van der Waals surface area (Å²) in [7, 11) is 0. The first-order chi connectivity index (χ1) is 15.6. The van der Waals surface area contributed by atoms with Crippen molar-refractivity contribution in [1.82, 2.24) is 15.6 Å². The molecule has 0 saturated heterocycles. The molecule has 0 unspecified atom stereocenters. The van der Waals surface area contributed by atoms with Crippen molar-refractivity contribution in [3.05, 3.63) is 77.7 Å². The number of carbonyl (C=O) groups is 2. The Balaban J connectivity index is 1.88. The van der Waals surface area contributed by atoms with Gasteiger partial charge in [-0.15, -0.1) is 0 Å². The summed E-state index contributed by atoms with van der Waals surface area (Å²) >= 11 is 0. The molecule has 0 bridgehead atoms. The van der Waals surface area contributed by atoms with Crippen LogP contribution < -0.4 is 15.4 Å². The highest BCUT2D eigenvalue weighted by Crippen LogP contribution is 2.34. The minimum atomic E-state index is -4.49. The van der Waals surface area contributed by atoms with Crippen LogP contribution in [0.2, 0.25) is 0 Å². The van der Waals surface area contributed by atoms with Gasteiger partial charge in [0.2, 0.25) is 11.8 Å². The average Bonchev–Trinajstić information content (AvgIpc) is 2.76. The van der Waals surface area contributed by atoms with Crippen molar-refractivity contribution in [2.24, 2.45) is 0 Å². The number of alkyl halides is 3. The molecular formula is C23H19F4N3O3. The molecule has 0 saturated carbocycles. The lowest BCUT2D eigenvalue weighted by atomic mass is 10.0. The summed E-state index contributed by atoms with van der Waals surface area (Å²) in [6.07, 6.45) is -3.26. The first-order valence-electron chi connectivity index (χ1n) is 9.77. The molecule has 0 aliphatic carbocycles. The van der Waals surface area contributed by atoms with Crippen LogP contribution in [0.4, 0.5) is 17.6 Å². The molecule has 3 aromatic rings. The Bertz CT molecular complexity index is 1150. The third kappa shape index (κ3) is 6.52. The lowest BCUT2D eigenvalue weighted by Crippen LogP contribution is -2.33. The number of rotatable bonds is 7. The largest absolute Gasteiger partial charge is 0.438 e. The Morgan fingerprint density at radius 1 is 1.00 bits per heavy atom. The van der Waals surface area contributed by atoms with Crippen LogP contribution in [0.5, 0.6) is 11.6 Å². The van der Waals surface area contributed by atoms with Gasteiger partial charge in [0.05, 0.1) is 11.1 Å². The SMILES string of the molecule is CC(=O)NCCNC(=O)c1cnc(Oc2ccc(C(F)(F)F)cc2)c(-c2cccc(F)c2)c1. The molecule has 2 amide bonds. The molecule has 33 heavy (non-hydrogen) atoms. The zero-order chi connectivity index (χ0) is 24.0. The van der Waals surface area contributed by atoms with Gasteiger partial charge in [0.15, 0.2) is 0 Å². The number of nitrogens with one attached hydrogen (secondary N) is 2. The Kier molecular flexibility index (Phi) is 7.27. The third-order valence-electron chi connectivity index (χ3n) is 4.43. The van der Waals surface area contributed by atoms with Crippen molar-refractivity contribution >= 4 is 11.8 Å². The predicted molar refractivity (Wildman–Crippen MR) is 112 cm³/mol. The minimum Gasteiger partial charge on any atom is -0.438 e. The van der Waals surface area contributed by atoms with E-state index >= 15 is 0 Å². The number of ether oxygens (including phenoxy) is 1. The van der Waals surface area contributed by atoms with E-state index in [4.69, 9.17) is 4.74 Å². The fraction of sp³-hybridized carbons (Fsp3) is 0.174. The number of halogens is 4. The predicted octanol–water partition coefficient (Wildman–Crippen LogP) is 4.56. The first kappa shape index (κ1) is 23.7. The molecule has 2 aromatic carbocycles. The van der Waals surface area contributed by atoms with Crippen molar-refractivity contribution < 1.29 is 31.9 Å². The van der Waals surface area contributed by atoms with Crippen molar-refractivity contribution in [1.29, 1.82) is 0 Å². The first-order valence-corrected chi connectivity index (χ1v) is 9.77. The van der Waals surface area contributed by atoms with Crippen LogP contribution in [0.25, 0.3) is 11.1 Å². The molecule has 172 valence electrons. The number of aromatic nitrogens is 1. The van der Waals surface area contributed by atoms with E-state index < -0.39 is 23.5 Å². The lowest BCUT2D eigenvalue weighted by molar-refractivity contribution is -0.137. The van der Waals surface area contributed by atoms with E-state index in [0.717, 1.165) is 24.3 Å². The molecule has 0 aliphatic rings. The topological polar surface area (TPSA) is 80.3 Å². The maximum atomic E-state index is 13.8. The van der Waals surface area contributed by atoms with Crippen molar-refractivity contribution in [3.8, 4) is 22.8 Å². The number of hydrogen-bond donors (Lipinski definition) is 2. The van der Waals surface area contributed by atoms with Gasteiger partial charge in [-0.25, -0.2) is 9.37 Å². The van der Waals surface area contributed by atoms with Crippen LogP contribution >= 0.6 is 0 Å². The van der Waals surface area contributed by atoms with Crippen LogP contribution in [0, 0.1) is 5.82 Å². The van der Waals surface area contributed by atoms with E-state index in [1.54, 1.807) is 6.07 Å². The van der Waals surface area contributed by atoms with Gasteiger partial charge >= 0.3 is 6.18 Å².